The normalized spacial score (nSPS) is 9.31. The Bertz CT molecular complexity index is 409. The summed E-state index contributed by atoms with van der Waals surface area (Å²) in [5.74, 6) is -1.17. The van der Waals surface area contributed by atoms with Gasteiger partial charge in [0.15, 0.2) is 0 Å². The van der Waals surface area contributed by atoms with Crippen molar-refractivity contribution in [3.63, 3.8) is 0 Å². The van der Waals surface area contributed by atoms with Crippen molar-refractivity contribution in [3.05, 3.63) is 28.0 Å². The molecule has 0 unspecified atom stereocenters. The molecule has 0 spiro atoms. The molecule has 1 rings (SSSR count). The van der Waals surface area contributed by atoms with Gasteiger partial charge in [-0.1, -0.05) is 11.6 Å². The maximum Gasteiger partial charge on any atom is 0.337 e. The molecule has 0 aromatic carbocycles. The van der Waals surface area contributed by atoms with Crippen molar-refractivity contribution in [2.75, 3.05) is 0 Å². The first-order valence-corrected chi connectivity index (χ1v) is 3.74. The molecule has 1 N–H and O–H groups in total. The molecule has 0 aliphatic carbocycles. The van der Waals surface area contributed by atoms with Crippen molar-refractivity contribution in [2.45, 2.75) is 6.92 Å². The lowest BCUT2D eigenvalue weighted by Crippen LogP contribution is -2.04. The van der Waals surface area contributed by atoms with Gasteiger partial charge in [-0.3, -0.25) is 0 Å². The van der Waals surface area contributed by atoms with E-state index in [4.69, 9.17) is 22.0 Å². The number of carboxylic acids is 1. The van der Waals surface area contributed by atoms with E-state index >= 15 is 0 Å². The van der Waals surface area contributed by atoms with Crippen LogP contribution in [0.1, 0.15) is 21.5 Å². The van der Waals surface area contributed by atoms with Crippen LogP contribution in [0.3, 0.4) is 0 Å². The first-order chi connectivity index (χ1) is 6.07. The summed E-state index contributed by atoms with van der Waals surface area (Å²) in [6.45, 7) is 1.51. The van der Waals surface area contributed by atoms with E-state index in [1.54, 1.807) is 6.07 Å². The van der Waals surface area contributed by atoms with Crippen LogP contribution in [-0.4, -0.2) is 16.1 Å². The lowest BCUT2D eigenvalue weighted by molar-refractivity contribution is 0.0695. The predicted octanol–water partition coefficient (Wildman–Crippen LogP) is 1.61. The summed E-state index contributed by atoms with van der Waals surface area (Å²) in [5.41, 5.74) is 0.255. The average molecular weight is 197 g/mol. The molecule has 0 saturated heterocycles. The summed E-state index contributed by atoms with van der Waals surface area (Å²) < 4.78 is 0. The Kier molecular flexibility index (Phi) is 2.49. The first-order valence-electron chi connectivity index (χ1n) is 3.36. The minimum Gasteiger partial charge on any atom is -0.478 e. The Hall–Kier alpha value is -1.60. The fraction of sp³-hybridized carbons (Fsp3) is 0.125. The van der Waals surface area contributed by atoms with E-state index in [0.717, 1.165) is 6.20 Å². The Morgan fingerprint density at radius 1 is 1.77 bits per heavy atom. The van der Waals surface area contributed by atoms with Gasteiger partial charge in [0, 0.05) is 11.8 Å². The number of nitrogens with zero attached hydrogens (tertiary/aromatic N) is 2. The highest BCUT2D eigenvalue weighted by Crippen LogP contribution is 2.19. The molecule has 1 aromatic rings. The smallest absolute Gasteiger partial charge is 0.337 e. The van der Waals surface area contributed by atoms with Crippen molar-refractivity contribution in [1.29, 1.82) is 5.26 Å². The topological polar surface area (TPSA) is 74.0 Å². The number of rotatable bonds is 1. The second-order valence-electron chi connectivity index (χ2n) is 2.38. The van der Waals surface area contributed by atoms with Gasteiger partial charge in [0.05, 0.1) is 11.1 Å². The van der Waals surface area contributed by atoms with Crippen LogP contribution in [0.25, 0.3) is 0 Å². The second kappa shape index (κ2) is 3.42. The molecule has 0 radical (unpaired) electrons. The second-order valence-corrected chi connectivity index (χ2v) is 2.74. The molecule has 0 atom stereocenters. The standard InChI is InChI=1S/C8H5ClN2O2/c1-4-6(8(12)13)5(2-10)3-11-7(4)9/h3H,1H3,(H,12,13). The minimum atomic E-state index is -1.17. The quantitative estimate of drug-likeness (QED) is 0.693. The fourth-order valence-electron chi connectivity index (χ4n) is 0.948. The van der Waals surface area contributed by atoms with Crippen LogP contribution in [0.2, 0.25) is 5.15 Å². The number of aromatic carboxylic acids is 1. The average Bonchev–Trinajstić information content (AvgIpc) is 2.08. The van der Waals surface area contributed by atoms with Gasteiger partial charge in [-0.25, -0.2) is 9.78 Å². The molecule has 13 heavy (non-hydrogen) atoms. The van der Waals surface area contributed by atoms with Gasteiger partial charge in [0.25, 0.3) is 0 Å². The molecule has 0 saturated carbocycles. The molecule has 1 heterocycles. The van der Waals surface area contributed by atoms with Gasteiger partial charge in [-0.2, -0.15) is 5.26 Å². The monoisotopic (exact) mass is 196 g/mol. The van der Waals surface area contributed by atoms with E-state index in [0.29, 0.717) is 5.56 Å². The van der Waals surface area contributed by atoms with Crippen LogP contribution in [0.4, 0.5) is 0 Å². The molecular formula is C8H5ClN2O2. The van der Waals surface area contributed by atoms with Crippen LogP contribution in [0.15, 0.2) is 6.20 Å². The van der Waals surface area contributed by atoms with Crippen molar-refractivity contribution in [3.8, 4) is 6.07 Å². The summed E-state index contributed by atoms with van der Waals surface area (Å²) in [5, 5.41) is 17.5. The Labute approximate surface area is 79.4 Å². The number of pyridine rings is 1. The highest BCUT2D eigenvalue weighted by molar-refractivity contribution is 6.30. The lowest BCUT2D eigenvalue weighted by Gasteiger charge is -2.03. The van der Waals surface area contributed by atoms with Crippen LogP contribution >= 0.6 is 11.6 Å². The number of hydrogen-bond acceptors (Lipinski definition) is 3. The number of carboxylic acid groups (broad SMARTS) is 1. The zero-order chi connectivity index (χ0) is 10.0. The number of aromatic nitrogens is 1. The van der Waals surface area contributed by atoms with Crippen LogP contribution in [0.5, 0.6) is 0 Å². The molecule has 0 aliphatic heterocycles. The van der Waals surface area contributed by atoms with Gasteiger partial charge in [-0.05, 0) is 6.92 Å². The summed E-state index contributed by atoms with van der Waals surface area (Å²) in [6.07, 6.45) is 1.15. The third-order valence-electron chi connectivity index (χ3n) is 1.60. The van der Waals surface area contributed by atoms with E-state index in [9.17, 15) is 4.79 Å². The molecule has 66 valence electrons. The molecule has 5 heteroatoms. The molecule has 0 aliphatic rings. The van der Waals surface area contributed by atoms with E-state index in [1.807, 2.05) is 0 Å². The molecular weight excluding hydrogens is 192 g/mol. The zero-order valence-corrected chi connectivity index (χ0v) is 7.46. The number of carbonyl (C=O) groups is 1. The fourth-order valence-corrected chi connectivity index (χ4v) is 1.09. The maximum atomic E-state index is 10.7. The van der Waals surface area contributed by atoms with Gasteiger partial charge in [0.2, 0.25) is 0 Å². The largest absolute Gasteiger partial charge is 0.478 e. The van der Waals surface area contributed by atoms with Crippen molar-refractivity contribution < 1.29 is 9.90 Å². The van der Waals surface area contributed by atoms with E-state index < -0.39 is 5.97 Å². The van der Waals surface area contributed by atoms with Crippen molar-refractivity contribution in [2.24, 2.45) is 0 Å². The minimum absolute atomic E-state index is 0.0226. The summed E-state index contributed by atoms with van der Waals surface area (Å²) in [6, 6.07) is 1.74. The zero-order valence-electron chi connectivity index (χ0n) is 6.71. The summed E-state index contributed by atoms with van der Waals surface area (Å²) in [4.78, 5) is 14.4. The predicted molar refractivity (Wildman–Crippen MR) is 45.7 cm³/mol. The van der Waals surface area contributed by atoms with Gasteiger partial charge in [0.1, 0.15) is 11.2 Å². The third kappa shape index (κ3) is 1.60. The van der Waals surface area contributed by atoms with E-state index in [1.165, 1.54) is 6.92 Å². The Balaban J connectivity index is 3.53. The van der Waals surface area contributed by atoms with E-state index in [-0.39, 0.29) is 16.3 Å². The Morgan fingerprint density at radius 3 is 2.85 bits per heavy atom. The SMILES string of the molecule is Cc1c(Cl)ncc(C#N)c1C(=O)O. The molecule has 1 aromatic heterocycles. The van der Waals surface area contributed by atoms with Gasteiger partial charge in [-0.15, -0.1) is 0 Å². The summed E-state index contributed by atoms with van der Waals surface area (Å²) in [7, 11) is 0. The highest BCUT2D eigenvalue weighted by Gasteiger charge is 2.15. The summed E-state index contributed by atoms with van der Waals surface area (Å²) >= 11 is 5.60. The molecule has 0 bridgehead atoms. The molecule has 4 nitrogen and oxygen atoms in total. The van der Waals surface area contributed by atoms with Gasteiger partial charge >= 0.3 is 5.97 Å². The Morgan fingerprint density at radius 2 is 2.38 bits per heavy atom. The van der Waals surface area contributed by atoms with Crippen LogP contribution in [-0.2, 0) is 0 Å². The number of halogens is 1. The van der Waals surface area contributed by atoms with Gasteiger partial charge < -0.3 is 5.11 Å². The lowest BCUT2D eigenvalue weighted by atomic mass is 10.1. The maximum absolute atomic E-state index is 10.7. The van der Waals surface area contributed by atoms with Crippen LogP contribution in [0, 0.1) is 18.3 Å². The van der Waals surface area contributed by atoms with E-state index in [2.05, 4.69) is 4.98 Å². The highest BCUT2D eigenvalue weighted by atomic mass is 35.5. The van der Waals surface area contributed by atoms with Crippen LogP contribution < -0.4 is 0 Å². The molecule has 0 fully saturated rings. The number of nitriles is 1. The number of hydrogen-bond donors (Lipinski definition) is 1. The molecule has 0 amide bonds. The third-order valence-corrected chi connectivity index (χ3v) is 1.98. The van der Waals surface area contributed by atoms with Crippen molar-refractivity contribution >= 4 is 17.6 Å². The first kappa shape index (κ1) is 9.49. The van der Waals surface area contributed by atoms with Crippen molar-refractivity contribution in [1.82, 2.24) is 4.98 Å².